The summed E-state index contributed by atoms with van der Waals surface area (Å²) < 4.78 is 0. The van der Waals surface area contributed by atoms with Crippen molar-refractivity contribution < 1.29 is 0 Å². The third kappa shape index (κ3) is 5.70. The number of hydrogen-bond acceptors (Lipinski definition) is 6. The third-order valence-electron chi connectivity index (χ3n) is 5.78. The number of anilines is 4. The Morgan fingerprint density at radius 3 is 2.59 bits per heavy atom. The Bertz CT molecular complexity index is 808. The van der Waals surface area contributed by atoms with E-state index >= 15 is 0 Å². The van der Waals surface area contributed by atoms with Gasteiger partial charge in [0.2, 0.25) is 5.95 Å². The molecule has 2 N–H and O–H groups in total. The average molecular weight is 393 g/mol. The Kier molecular flexibility index (Phi) is 6.62. The fraction of sp³-hybridized carbons (Fsp3) is 0.478. The van der Waals surface area contributed by atoms with E-state index in [9.17, 15) is 0 Å². The first kappa shape index (κ1) is 19.7. The molecule has 6 heteroatoms. The molecule has 1 saturated heterocycles. The molecule has 6 nitrogen and oxygen atoms in total. The van der Waals surface area contributed by atoms with Crippen molar-refractivity contribution in [3.05, 3.63) is 48.2 Å². The summed E-state index contributed by atoms with van der Waals surface area (Å²) in [6.07, 6.45) is 10.4. The topological polar surface area (TPSA) is 56.3 Å². The summed E-state index contributed by atoms with van der Waals surface area (Å²) in [5.74, 6) is 1.49. The van der Waals surface area contributed by atoms with Crippen molar-refractivity contribution in [3.8, 4) is 0 Å². The largest absolute Gasteiger partial charge is 0.369 e. The zero-order chi connectivity index (χ0) is 19.9. The first-order valence-electron chi connectivity index (χ1n) is 10.8. The maximum atomic E-state index is 4.60. The van der Waals surface area contributed by atoms with Crippen LogP contribution in [0.25, 0.3) is 0 Å². The number of nitrogens with zero attached hydrogens (tertiary/aromatic N) is 4. The summed E-state index contributed by atoms with van der Waals surface area (Å²) in [6, 6.07) is 10.5. The van der Waals surface area contributed by atoms with Crippen LogP contribution in [0.15, 0.2) is 48.2 Å². The average Bonchev–Trinajstić information content (AvgIpc) is 2.76. The molecule has 1 aliphatic heterocycles. The van der Waals surface area contributed by atoms with Crippen LogP contribution in [0.4, 0.5) is 23.1 Å². The Balaban J connectivity index is 1.30. The molecule has 1 fully saturated rings. The third-order valence-corrected chi connectivity index (χ3v) is 5.78. The summed E-state index contributed by atoms with van der Waals surface area (Å²) in [5.41, 5.74) is 3.89. The van der Waals surface area contributed by atoms with Gasteiger partial charge in [-0.2, -0.15) is 4.98 Å². The Labute approximate surface area is 174 Å². The molecule has 2 heterocycles. The fourth-order valence-electron chi connectivity index (χ4n) is 3.95. The normalized spacial score (nSPS) is 17.7. The predicted molar refractivity (Wildman–Crippen MR) is 121 cm³/mol. The Morgan fingerprint density at radius 2 is 1.83 bits per heavy atom. The molecule has 0 spiro atoms. The van der Waals surface area contributed by atoms with Gasteiger partial charge < -0.3 is 20.4 Å². The molecule has 154 valence electrons. The molecule has 0 unspecified atom stereocenters. The lowest BCUT2D eigenvalue weighted by molar-refractivity contribution is 0.313. The van der Waals surface area contributed by atoms with Crippen LogP contribution in [0, 0.1) is 0 Å². The van der Waals surface area contributed by atoms with Gasteiger partial charge in [-0.3, -0.25) is 0 Å². The molecule has 1 aromatic carbocycles. The summed E-state index contributed by atoms with van der Waals surface area (Å²) >= 11 is 0. The molecule has 0 bridgehead atoms. The lowest BCUT2D eigenvalue weighted by Gasteiger charge is -2.34. The smallest absolute Gasteiger partial charge is 0.224 e. The van der Waals surface area contributed by atoms with Crippen molar-refractivity contribution in [1.82, 2.24) is 14.9 Å². The number of aromatic nitrogens is 2. The van der Waals surface area contributed by atoms with E-state index in [1.807, 2.05) is 6.07 Å². The van der Waals surface area contributed by atoms with Gasteiger partial charge in [-0.15, -0.1) is 0 Å². The molecule has 29 heavy (non-hydrogen) atoms. The second-order valence-electron chi connectivity index (χ2n) is 8.01. The maximum absolute atomic E-state index is 4.60. The summed E-state index contributed by atoms with van der Waals surface area (Å²) in [6.45, 7) is 5.29. The molecule has 0 atom stereocenters. The highest BCUT2D eigenvalue weighted by molar-refractivity contribution is 5.61. The SMILES string of the molecule is CN1CCN(c2ccc(Nc3ccnc(NCCC4=CCCCC4)n3)cc2)CC1. The zero-order valence-electron chi connectivity index (χ0n) is 17.4. The molecule has 1 aromatic heterocycles. The van der Waals surface area contributed by atoms with Gasteiger partial charge in [0.15, 0.2) is 0 Å². The number of likely N-dealkylation sites (N-methyl/N-ethyl adjacent to an activating group) is 1. The van der Waals surface area contributed by atoms with E-state index in [2.05, 4.69) is 67.8 Å². The minimum absolute atomic E-state index is 0.681. The lowest BCUT2D eigenvalue weighted by atomic mass is 9.97. The number of nitrogens with one attached hydrogen (secondary N) is 2. The van der Waals surface area contributed by atoms with Gasteiger partial charge in [0.1, 0.15) is 5.82 Å². The van der Waals surface area contributed by atoms with Crippen LogP contribution >= 0.6 is 0 Å². The van der Waals surface area contributed by atoms with Crippen LogP contribution in [-0.2, 0) is 0 Å². The summed E-state index contributed by atoms with van der Waals surface area (Å²) in [4.78, 5) is 13.8. The van der Waals surface area contributed by atoms with Crippen LogP contribution in [0.1, 0.15) is 32.1 Å². The Hall–Kier alpha value is -2.60. The van der Waals surface area contributed by atoms with E-state index in [-0.39, 0.29) is 0 Å². The molecule has 1 aliphatic carbocycles. The number of benzene rings is 1. The van der Waals surface area contributed by atoms with Gasteiger partial charge in [0.25, 0.3) is 0 Å². The van der Waals surface area contributed by atoms with Crippen molar-refractivity contribution in [1.29, 1.82) is 0 Å². The Morgan fingerprint density at radius 1 is 1.00 bits per heavy atom. The molecule has 2 aliphatic rings. The van der Waals surface area contributed by atoms with E-state index < -0.39 is 0 Å². The quantitative estimate of drug-likeness (QED) is 0.686. The van der Waals surface area contributed by atoms with Crippen molar-refractivity contribution >= 4 is 23.1 Å². The van der Waals surface area contributed by atoms with Crippen molar-refractivity contribution in [2.24, 2.45) is 0 Å². The van der Waals surface area contributed by atoms with Gasteiger partial charge in [-0.25, -0.2) is 4.98 Å². The van der Waals surface area contributed by atoms with Crippen LogP contribution in [0.3, 0.4) is 0 Å². The van der Waals surface area contributed by atoms with E-state index in [1.165, 1.54) is 31.4 Å². The van der Waals surface area contributed by atoms with Gasteiger partial charge in [0.05, 0.1) is 0 Å². The zero-order valence-corrected chi connectivity index (χ0v) is 17.4. The van der Waals surface area contributed by atoms with Crippen LogP contribution in [-0.4, -0.2) is 54.6 Å². The van der Waals surface area contributed by atoms with Crippen LogP contribution in [0.2, 0.25) is 0 Å². The van der Waals surface area contributed by atoms with E-state index in [1.54, 1.807) is 11.8 Å². The van der Waals surface area contributed by atoms with Crippen molar-refractivity contribution in [3.63, 3.8) is 0 Å². The first-order valence-corrected chi connectivity index (χ1v) is 10.8. The molecule has 4 rings (SSSR count). The standard InChI is InChI=1S/C23H32N6/c1-28-15-17-29(18-16-28)21-9-7-20(8-10-21)26-22-12-14-25-23(27-22)24-13-11-19-5-3-2-4-6-19/h5,7-10,12,14H,2-4,6,11,13,15-18H2,1H3,(H2,24,25,26,27). The monoisotopic (exact) mass is 392 g/mol. The number of allylic oxidation sites excluding steroid dienone is 1. The lowest BCUT2D eigenvalue weighted by Crippen LogP contribution is -2.44. The predicted octanol–water partition coefficient (Wildman–Crippen LogP) is 4.27. The van der Waals surface area contributed by atoms with Crippen molar-refractivity contribution in [2.75, 3.05) is 55.3 Å². The molecule has 0 radical (unpaired) electrons. The minimum Gasteiger partial charge on any atom is -0.369 e. The second-order valence-corrected chi connectivity index (χ2v) is 8.01. The molecular weight excluding hydrogens is 360 g/mol. The van der Waals surface area contributed by atoms with E-state index in [0.717, 1.165) is 50.6 Å². The second kappa shape index (κ2) is 9.74. The number of piperazine rings is 1. The molecular formula is C23H32N6. The number of rotatable bonds is 7. The summed E-state index contributed by atoms with van der Waals surface area (Å²) in [5, 5.41) is 6.75. The van der Waals surface area contributed by atoms with Gasteiger partial charge in [0, 0.05) is 50.3 Å². The van der Waals surface area contributed by atoms with Gasteiger partial charge in [-0.1, -0.05) is 11.6 Å². The van der Waals surface area contributed by atoms with Gasteiger partial charge in [-0.05, 0) is 69.5 Å². The van der Waals surface area contributed by atoms with Crippen molar-refractivity contribution in [2.45, 2.75) is 32.1 Å². The van der Waals surface area contributed by atoms with Crippen LogP contribution < -0.4 is 15.5 Å². The number of hydrogen-bond donors (Lipinski definition) is 2. The summed E-state index contributed by atoms with van der Waals surface area (Å²) in [7, 11) is 2.18. The fourth-order valence-corrected chi connectivity index (χ4v) is 3.95. The van der Waals surface area contributed by atoms with E-state index in [4.69, 9.17) is 0 Å². The first-order chi connectivity index (χ1) is 14.3. The maximum Gasteiger partial charge on any atom is 0.224 e. The molecule has 2 aromatic rings. The highest BCUT2D eigenvalue weighted by atomic mass is 15.2. The van der Waals surface area contributed by atoms with Crippen LogP contribution in [0.5, 0.6) is 0 Å². The minimum atomic E-state index is 0.681. The van der Waals surface area contributed by atoms with Gasteiger partial charge >= 0.3 is 0 Å². The molecule has 0 amide bonds. The van der Waals surface area contributed by atoms with E-state index in [0.29, 0.717) is 5.95 Å². The molecule has 0 saturated carbocycles. The highest BCUT2D eigenvalue weighted by Gasteiger charge is 2.14. The highest BCUT2D eigenvalue weighted by Crippen LogP contribution is 2.22.